The lowest BCUT2D eigenvalue weighted by molar-refractivity contribution is 0.343. The molecular weight excluding hydrogens is 397 g/mol. The number of H-pyrrole nitrogens is 1. The highest BCUT2D eigenvalue weighted by Crippen LogP contribution is 2.35. The maximum Gasteiger partial charge on any atom is 0.301 e. The summed E-state index contributed by atoms with van der Waals surface area (Å²) in [6.45, 7) is -0.338. The number of halogens is 3. The average molecular weight is 412 g/mol. The highest BCUT2D eigenvalue weighted by molar-refractivity contribution is 7.90. The molecule has 4 rings (SSSR count). The molecule has 0 bridgehead atoms. The van der Waals surface area contributed by atoms with Crippen molar-refractivity contribution >= 4 is 26.9 Å². The molecule has 148 valence electrons. The van der Waals surface area contributed by atoms with Crippen molar-refractivity contribution in [3.8, 4) is 11.5 Å². The molecule has 0 aliphatic carbocycles. The van der Waals surface area contributed by atoms with Crippen molar-refractivity contribution in [3.63, 3.8) is 0 Å². The molecule has 2 aromatic heterocycles. The lowest BCUT2D eigenvalue weighted by Crippen LogP contribution is -2.34. The highest BCUT2D eigenvalue weighted by Gasteiger charge is 2.32. The Morgan fingerprint density at radius 2 is 2.11 bits per heavy atom. The fourth-order valence-electron chi connectivity index (χ4n) is 2.94. The number of hydrogen-bond donors (Lipinski definition) is 2. The topological polar surface area (TPSA) is 87.3 Å². The number of rotatable bonds is 5. The van der Waals surface area contributed by atoms with Gasteiger partial charge in [0.2, 0.25) is 5.75 Å². The van der Waals surface area contributed by atoms with Gasteiger partial charge in [-0.25, -0.2) is 18.2 Å². The van der Waals surface area contributed by atoms with Crippen molar-refractivity contribution in [2.24, 2.45) is 0 Å². The van der Waals surface area contributed by atoms with Crippen LogP contribution in [0.1, 0.15) is 6.42 Å². The van der Waals surface area contributed by atoms with Gasteiger partial charge < -0.3 is 9.72 Å². The summed E-state index contributed by atoms with van der Waals surface area (Å²) in [6, 6.07) is 5.10. The lowest BCUT2D eigenvalue weighted by atomic mass is 10.2. The molecule has 1 atom stereocenters. The molecule has 11 heteroatoms. The number of nitrogens with one attached hydrogen (secondary N) is 2. The van der Waals surface area contributed by atoms with Crippen LogP contribution in [0.2, 0.25) is 0 Å². The highest BCUT2D eigenvalue weighted by atomic mass is 32.2. The third kappa shape index (κ3) is 3.38. The molecule has 2 N–H and O–H groups in total. The number of benzene rings is 1. The molecule has 0 radical (unpaired) electrons. The molecule has 1 aliphatic heterocycles. The smallest absolute Gasteiger partial charge is 0.301 e. The van der Waals surface area contributed by atoms with E-state index in [2.05, 4.69) is 9.97 Å². The van der Waals surface area contributed by atoms with E-state index in [1.807, 2.05) is 4.72 Å². The Kier molecular flexibility index (Phi) is 4.63. The Hall–Kier alpha value is -2.79. The number of hydrogen-bond acceptors (Lipinski definition) is 4. The van der Waals surface area contributed by atoms with Crippen LogP contribution in [0.4, 0.5) is 18.9 Å². The van der Waals surface area contributed by atoms with Gasteiger partial charge in [-0.15, -0.1) is 0 Å². The van der Waals surface area contributed by atoms with Gasteiger partial charge in [0.05, 0.1) is 11.1 Å². The van der Waals surface area contributed by atoms with Gasteiger partial charge in [0.15, 0.2) is 17.4 Å². The van der Waals surface area contributed by atoms with E-state index in [0.717, 1.165) is 16.4 Å². The Bertz CT molecular complexity index is 1140. The van der Waals surface area contributed by atoms with Crippen LogP contribution in [0.25, 0.3) is 11.0 Å². The van der Waals surface area contributed by atoms with Crippen LogP contribution in [0, 0.1) is 11.6 Å². The van der Waals surface area contributed by atoms with E-state index < -0.39 is 39.5 Å². The van der Waals surface area contributed by atoms with E-state index >= 15 is 0 Å². The Labute approximate surface area is 158 Å². The number of pyridine rings is 1. The molecule has 0 amide bonds. The minimum absolute atomic E-state index is 0.0228. The molecule has 1 fully saturated rings. The molecule has 3 aromatic rings. The van der Waals surface area contributed by atoms with Gasteiger partial charge in [-0.3, -0.25) is 4.72 Å². The molecular formula is C17H15F3N4O3S. The normalized spacial score (nSPS) is 17.9. The van der Waals surface area contributed by atoms with Gasteiger partial charge in [0.25, 0.3) is 0 Å². The van der Waals surface area contributed by atoms with E-state index in [-0.39, 0.29) is 25.3 Å². The molecule has 0 spiro atoms. The third-order valence-corrected chi connectivity index (χ3v) is 5.84. The number of ether oxygens (including phenoxy) is 1. The molecule has 7 nitrogen and oxygen atoms in total. The van der Waals surface area contributed by atoms with E-state index in [1.165, 1.54) is 6.20 Å². The first kappa shape index (κ1) is 18.6. The molecule has 0 saturated carbocycles. The van der Waals surface area contributed by atoms with Crippen molar-refractivity contribution < 1.29 is 26.3 Å². The first-order valence-electron chi connectivity index (χ1n) is 8.35. The van der Waals surface area contributed by atoms with Crippen LogP contribution in [-0.2, 0) is 10.2 Å². The third-order valence-electron chi connectivity index (χ3n) is 4.35. The van der Waals surface area contributed by atoms with Gasteiger partial charge in [-0.2, -0.15) is 12.7 Å². The number of aromatic amines is 1. The van der Waals surface area contributed by atoms with Gasteiger partial charge in [0.1, 0.15) is 11.8 Å². The van der Waals surface area contributed by atoms with Crippen LogP contribution >= 0.6 is 0 Å². The minimum atomic E-state index is -4.19. The van der Waals surface area contributed by atoms with E-state index in [9.17, 15) is 21.6 Å². The number of alkyl halides is 1. The fourth-order valence-corrected chi connectivity index (χ4v) is 4.21. The predicted molar refractivity (Wildman–Crippen MR) is 96.2 cm³/mol. The Morgan fingerprint density at radius 1 is 1.29 bits per heavy atom. The second-order valence-electron chi connectivity index (χ2n) is 6.24. The van der Waals surface area contributed by atoms with Crippen LogP contribution in [-0.4, -0.2) is 42.0 Å². The Balaban J connectivity index is 1.64. The summed E-state index contributed by atoms with van der Waals surface area (Å²) in [5, 5.41) is 0.498. The van der Waals surface area contributed by atoms with Gasteiger partial charge in [0, 0.05) is 25.5 Å². The van der Waals surface area contributed by atoms with E-state index in [1.54, 1.807) is 18.3 Å². The van der Waals surface area contributed by atoms with Crippen LogP contribution in [0.3, 0.4) is 0 Å². The maximum atomic E-state index is 14.8. The summed E-state index contributed by atoms with van der Waals surface area (Å²) in [5.74, 6) is -2.88. The molecule has 0 unspecified atom stereocenters. The van der Waals surface area contributed by atoms with Crippen molar-refractivity contribution in [2.75, 3.05) is 17.8 Å². The zero-order valence-electron chi connectivity index (χ0n) is 14.3. The van der Waals surface area contributed by atoms with Crippen LogP contribution < -0.4 is 9.46 Å². The summed E-state index contributed by atoms with van der Waals surface area (Å²) in [4.78, 5) is 6.86. The number of fused-ring (bicyclic) bond motifs is 1. The minimum Gasteiger partial charge on any atom is -0.449 e. The second-order valence-corrected chi connectivity index (χ2v) is 7.91. The first-order chi connectivity index (χ1) is 13.3. The molecule has 28 heavy (non-hydrogen) atoms. The second kappa shape index (κ2) is 6.99. The van der Waals surface area contributed by atoms with Crippen molar-refractivity contribution in [1.29, 1.82) is 0 Å². The van der Waals surface area contributed by atoms with Crippen molar-refractivity contribution in [2.45, 2.75) is 12.6 Å². The SMILES string of the molecule is O=S(=O)(Nc1ccc(F)c(Oc2c[nH]c3ncccc23)c1F)N1CC[C@@H](F)C1. The summed E-state index contributed by atoms with van der Waals surface area (Å²) in [5.41, 5.74) is -0.0401. The van der Waals surface area contributed by atoms with Gasteiger partial charge in [-0.05, 0) is 30.7 Å². The number of nitrogens with zero attached hydrogens (tertiary/aromatic N) is 2. The summed E-state index contributed by atoms with van der Waals surface area (Å²) >= 11 is 0. The van der Waals surface area contributed by atoms with E-state index in [0.29, 0.717) is 11.0 Å². The first-order valence-corrected chi connectivity index (χ1v) is 9.79. The van der Waals surface area contributed by atoms with Crippen molar-refractivity contribution in [1.82, 2.24) is 14.3 Å². The molecule has 1 saturated heterocycles. The fraction of sp³-hybridized carbons (Fsp3) is 0.235. The summed E-state index contributed by atoms with van der Waals surface area (Å²) < 4.78 is 75.2. The van der Waals surface area contributed by atoms with Crippen LogP contribution in [0.5, 0.6) is 11.5 Å². The maximum absolute atomic E-state index is 14.8. The average Bonchev–Trinajstić information content (AvgIpc) is 3.28. The van der Waals surface area contributed by atoms with E-state index in [4.69, 9.17) is 4.74 Å². The zero-order valence-corrected chi connectivity index (χ0v) is 15.1. The molecule has 1 aliphatic rings. The quantitative estimate of drug-likeness (QED) is 0.673. The summed E-state index contributed by atoms with van der Waals surface area (Å²) in [6.07, 6.45) is 1.72. The standard InChI is InChI=1S/C17H15F3N4O3S/c18-10-5-7-24(9-10)28(25,26)23-13-4-3-12(19)16(15(13)20)27-14-8-22-17-11(14)2-1-6-21-17/h1-4,6,8,10,23H,5,7,9H2,(H,21,22)/t10-/m1/s1. The number of anilines is 1. The molecule has 3 heterocycles. The lowest BCUT2D eigenvalue weighted by Gasteiger charge is -2.18. The van der Waals surface area contributed by atoms with Crippen LogP contribution in [0.15, 0.2) is 36.7 Å². The monoisotopic (exact) mass is 412 g/mol. The summed E-state index contributed by atoms with van der Waals surface area (Å²) in [7, 11) is -4.19. The van der Waals surface area contributed by atoms with Gasteiger partial charge >= 0.3 is 10.2 Å². The van der Waals surface area contributed by atoms with Crippen molar-refractivity contribution in [3.05, 3.63) is 48.3 Å². The van der Waals surface area contributed by atoms with Gasteiger partial charge in [-0.1, -0.05) is 0 Å². The zero-order chi connectivity index (χ0) is 19.9. The molecule has 1 aromatic carbocycles. The number of aromatic nitrogens is 2. The Morgan fingerprint density at radius 3 is 2.86 bits per heavy atom. The predicted octanol–water partition coefficient (Wildman–Crippen LogP) is 3.33. The largest absolute Gasteiger partial charge is 0.449 e.